The van der Waals surface area contributed by atoms with Crippen LogP contribution < -0.4 is 9.47 Å². The Bertz CT molecular complexity index is 509. The van der Waals surface area contributed by atoms with Crippen LogP contribution in [0.3, 0.4) is 0 Å². The lowest BCUT2D eigenvalue weighted by atomic mass is 9.86. The normalized spacial score (nSPS) is 15.3. The molecule has 0 N–H and O–H groups in total. The van der Waals surface area contributed by atoms with E-state index >= 15 is 0 Å². The van der Waals surface area contributed by atoms with Crippen molar-refractivity contribution in [2.75, 3.05) is 20.8 Å². The van der Waals surface area contributed by atoms with Crippen LogP contribution in [0, 0.1) is 5.92 Å². The number of methoxy groups -OCH3 is 2. The Balaban J connectivity index is 1.99. The van der Waals surface area contributed by atoms with Crippen molar-refractivity contribution in [1.82, 2.24) is 4.90 Å². The maximum atomic E-state index is 12.6. The van der Waals surface area contributed by atoms with Crippen LogP contribution in [0.15, 0.2) is 18.2 Å². The van der Waals surface area contributed by atoms with Crippen molar-refractivity contribution in [2.45, 2.75) is 52.0 Å². The number of carbonyl (C=O) groups excluding carboxylic acids is 1. The van der Waals surface area contributed by atoms with Crippen LogP contribution in [0.1, 0.15) is 51.0 Å². The van der Waals surface area contributed by atoms with Crippen LogP contribution in [0.5, 0.6) is 11.5 Å². The average Bonchev–Trinajstić information content (AvgIpc) is 2.60. The molecule has 1 fully saturated rings. The van der Waals surface area contributed by atoms with E-state index in [4.69, 9.17) is 9.47 Å². The van der Waals surface area contributed by atoms with Crippen molar-refractivity contribution in [1.29, 1.82) is 0 Å². The van der Waals surface area contributed by atoms with E-state index in [1.807, 2.05) is 30.0 Å². The van der Waals surface area contributed by atoms with Crippen LogP contribution in [-0.4, -0.2) is 31.6 Å². The quantitative estimate of drug-likeness (QED) is 0.762. The number of hydrogen-bond acceptors (Lipinski definition) is 3. The molecule has 2 rings (SSSR count). The Kier molecular flexibility index (Phi) is 6.75. The average molecular weight is 319 g/mol. The molecule has 0 radical (unpaired) electrons. The van der Waals surface area contributed by atoms with Gasteiger partial charge in [0.05, 0.1) is 14.2 Å². The van der Waals surface area contributed by atoms with E-state index in [0.29, 0.717) is 30.4 Å². The summed E-state index contributed by atoms with van der Waals surface area (Å²) >= 11 is 0. The molecule has 0 atom stereocenters. The van der Waals surface area contributed by atoms with Gasteiger partial charge in [-0.3, -0.25) is 4.79 Å². The molecule has 23 heavy (non-hydrogen) atoms. The van der Waals surface area contributed by atoms with Crippen molar-refractivity contribution in [3.05, 3.63) is 23.8 Å². The van der Waals surface area contributed by atoms with Crippen LogP contribution in [-0.2, 0) is 11.3 Å². The summed E-state index contributed by atoms with van der Waals surface area (Å²) in [6, 6.07) is 5.85. The van der Waals surface area contributed by atoms with E-state index in [1.165, 1.54) is 32.1 Å². The van der Waals surface area contributed by atoms with Crippen LogP contribution in [0.25, 0.3) is 0 Å². The van der Waals surface area contributed by atoms with E-state index < -0.39 is 0 Å². The lowest BCUT2D eigenvalue weighted by Gasteiger charge is -2.26. The first kappa shape index (κ1) is 17.6. The summed E-state index contributed by atoms with van der Waals surface area (Å²) in [5, 5.41) is 0. The van der Waals surface area contributed by atoms with Gasteiger partial charge in [0.25, 0.3) is 0 Å². The molecule has 1 aliphatic carbocycles. The van der Waals surface area contributed by atoms with Gasteiger partial charge in [0, 0.05) is 19.5 Å². The fourth-order valence-corrected chi connectivity index (χ4v) is 3.34. The highest BCUT2D eigenvalue weighted by Crippen LogP contribution is 2.29. The second-order valence-electron chi connectivity index (χ2n) is 6.31. The fourth-order valence-electron chi connectivity index (χ4n) is 3.34. The summed E-state index contributed by atoms with van der Waals surface area (Å²) in [6.07, 6.45) is 6.99. The maximum Gasteiger partial charge on any atom is 0.223 e. The van der Waals surface area contributed by atoms with E-state index in [2.05, 4.69) is 0 Å². The third-order valence-corrected chi connectivity index (χ3v) is 4.74. The van der Waals surface area contributed by atoms with Gasteiger partial charge >= 0.3 is 0 Å². The predicted octanol–water partition coefficient (Wildman–Crippen LogP) is 4.02. The first-order valence-electron chi connectivity index (χ1n) is 8.66. The molecule has 0 bridgehead atoms. The standard InChI is InChI=1S/C19H29NO3/c1-4-20(19(21)13-15-8-6-5-7-9-15)14-16-10-11-17(22-2)18(12-16)23-3/h10-12,15H,4-9,13-14H2,1-3H3. The Hall–Kier alpha value is -1.71. The molecule has 0 saturated heterocycles. The van der Waals surface area contributed by atoms with Gasteiger partial charge in [0.2, 0.25) is 5.91 Å². The van der Waals surface area contributed by atoms with Gasteiger partial charge in [0.15, 0.2) is 11.5 Å². The van der Waals surface area contributed by atoms with Gasteiger partial charge in [-0.25, -0.2) is 0 Å². The number of carbonyl (C=O) groups is 1. The molecular weight excluding hydrogens is 290 g/mol. The second-order valence-corrected chi connectivity index (χ2v) is 6.31. The van der Waals surface area contributed by atoms with Crippen molar-refractivity contribution in [2.24, 2.45) is 5.92 Å². The molecule has 4 heteroatoms. The van der Waals surface area contributed by atoms with Crippen LogP contribution >= 0.6 is 0 Å². The molecule has 0 aromatic heterocycles. The Morgan fingerprint density at radius 3 is 2.43 bits per heavy atom. The van der Waals surface area contributed by atoms with E-state index in [1.54, 1.807) is 14.2 Å². The monoisotopic (exact) mass is 319 g/mol. The molecule has 1 aromatic rings. The molecule has 1 saturated carbocycles. The SMILES string of the molecule is CCN(Cc1ccc(OC)c(OC)c1)C(=O)CC1CCCCC1. The molecule has 1 aromatic carbocycles. The van der Waals surface area contributed by atoms with Gasteiger partial charge in [-0.15, -0.1) is 0 Å². The number of hydrogen-bond donors (Lipinski definition) is 0. The van der Waals surface area contributed by atoms with Crippen molar-refractivity contribution < 1.29 is 14.3 Å². The van der Waals surface area contributed by atoms with Gasteiger partial charge in [-0.2, -0.15) is 0 Å². The minimum atomic E-state index is 0.272. The second kappa shape index (κ2) is 8.80. The summed E-state index contributed by atoms with van der Waals surface area (Å²) in [6.45, 7) is 3.40. The molecule has 0 heterocycles. The van der Waals surface area contributed by atoms with E-state index in [0.717, 1.165) is 12.1 Å². The van der Waals surface area contributed by atoms with Crippen molar-refractivity contribution in [3.8, 4) is 11.5 Å². The number of nitrogens with zero attached hydrogens (tertiary/aromatic N) is 1. The van der Waals surface area contributed by atoms with Crippen LogP contribution in [0.2, 0.25) is 0 Å². The zero-order valence-electron chi connectivity index (χ0n) is 14.6. The number of rotatable bonds is 7. The summed E-state index contributed by atoms with van der Waals surface area (Å²) in [5.41, 5.74) is 1.07. The highest BCUT2D eigenvalue weighted by Gasteiger charge is 2.20. The molecule has 0 unspecified atom stereocenters. The highest BCUT2D eigenvalue weighted by molar-refractivity contribution is 5.76. The molecule has 0 aliphatic heterocycles. The number of amides is 1. The van der Waals surface area contributed by atoms with Gasteiger partial charge in [0.1, 0.15) is 0 Å². The topological polar surface area (TPSA) is 38.8 Å². The predicted molar refractivity (Wildman–Crippen MR) is 91.8 cm³/mol. The molecule has 1 aliphatic rings. The van der Waals surface area contributed by atoms with Crippen molar-refractivity contribution >= 4 is 5.91 Å². The minimum absolute atomic E-state index is 0.272. The molecule has 128 valence electrons. The summed E-state index contributed by atoms with van der Waals surface area (Å²) in [7, 11) is 3.26. The summed E-state index contributed by atoms with van der Waals surface area (Å²) < 4.78 is 10.6. The smallest absolute Gasteiger partial charge is 0.223 e. The summed E-state index contributed by atoms with van der Waals surface area (Å²) in [4.78, 5) is 14.5. The van der Waals surface area contributed by atoms with Crippen LogP contribution in [0.4, 0.5) is 0 Å². The molecule has 4 nitrogen and oxygen atoms in total. The molecular formula is C19H29NO3. The maximum absolute atomic E-state index is 12.6. The van der Waals surface area contributed by atoms with Gasteiger partial charge in [-0.1, -0.05) is 25.3 Å². The number of ether oxygens (including phenoxy) is 2. The Morgan fingerprint density at radius 2 is 1.83 bits per heavy atom. The third kappa shape index (κ3) is 4.88. The van der Waals surface area contributed by atoms with E-state index in [-0.39, 0.29) is 5.91 Å². The lowest BCUT2D eigenvalue weighted by Crippen LogP contribution is -2.32. The highest BCUT2D eigenvalue weighted by atomic mass is 16.5. The molecule has 1 amide bonds. The minimum Gasteiger partial charge on any atom is -0.493 e. The Morgan fingerprint density at radius 1 is 1.13 bits per heavy atom. The zero-order valence-corrected chi connectivity index (χ0v) is 14.6. The number of benzene rings is 1. The molecule has 0 spiro atoms. The zero-order chi connectivity index (χ0) is 16.7. The largest absolute Gasteiger partial charge is 0.493 e. The summed E-state index contributed by atoms with van der Waals surface area (Å²) in [5.74, 6) is 2.28. The Labute approximate surface area is 139 Å². The third-order valence-electron chi connectivity index (χ3n) is 4.74. The first-order valence-corrected chi connectivity index (χ1v) is 8.66. The lowest BCUT2D eigenvalue weighted by molar-refractivity contribution is -0.132. The van der Waals surface area contributed by atoms with Gasteiger partial charge < -0.3 is 14.4 Å². The van der Waals surface area contributed by atoms with Crippen molar-refractivity contribution in [3.63, 3.8) is 0 Å². The fraction of sp³-hybridized carbons (Fsp3) is 0.632. The first-order chi connectivity index (χ1) is 11.2. The van der Waals surface area contributed by atoms with E-state index in [9.17, 15) is 4.79 Å². The van der Waals surface area contributed by atoms with Gasteiger partial charge in [-0.05, 0) is 43.4 Å².